The number of nitrogens with one attached hydrogen (secondary N) is 3. The van der Waals surface area contributed by atoms with Crippen molar-refractivity contribution in [3.63, 3.8) is 0 Å². The zero-order valence-corrected chi connectivity index (χ0v) is 20.8. The molecule has 1 aliphatic rings. The molecule has 4 N–H and O–H groups in total. The maximum absolute atomic E-state index is 11.7. The number of thiazole rings is 1. The van der Waals surface area contributed by atoms with Gasteiger partial charge in [0.05, 0.1) is 11.4 Å². The summed E-state index contributed by atoms with van der Waals surface area (Å²) in [4.78, 5) is 46.7. The third-order valence-electron chi connectivity index (χ3n) is 4.96. The molecule has 36 heavy (non-hydrogen) atoms. The lowest BCUT2D eigenvalue weighted by Crippen LogP contribution is -2.46. The molecule has 0 radical (unpaired) electrons. The van der Waals surface area contributed by atoms with Gasteiger partial charge in [0.15, 0.2) is 5.13 Å². The number of hydrogen-bond donors (Lipinski definition) is 4. The van der Waals surface area contributed by atoms with E-state index in [0.29, 0.717) is 17.4 Å². The molecular weight excluding hydrogens is 503 g/mol. The highest BCUT2D eigenvalue weighted by Gasteiger charge is 2.38. The number of anilines is 2. The number of nitrogens with zero attached hydrogens (tertiary/aromatic N) is 4. The fourth-order valence-electron chi connectivity index (χ4n) is 3.25. The second kappa shape index (κ2) is 13.0. The molecule has 15 heteroatoms. The van der Waals surface area contributed by atoms with Crippen LogP contribution in [0, 0.1) is 6.92 Å². The number of rotatable bonds is 6. The number of pyridine rings is 1. The zero-order valence-electron chi connectivity index (χ0n) is 20.0. The Balaban J connectivity index is 0.000000572. The Morgan fingerprint density at radius 3 is 2.33 bits per heavy atom. The van der Waals surface area contributed by atoms with Gasteiger partial charge in [-0.25, -0.2) is 19.6 Å². The number of aliphatic carboxylic acids is 1. The van der Waals surface area contributed by atoms with E-state index in [9.17, 15) is 22.8 Å². The average molecular weight is 532 g/mol. The number of carbonyl (C=O) groups is 3. The van der Waals surface area contributed by atoms with Crippen LogP contribution in [0.4, 0.5) is 28.8 Å². The van der Waals surface area contributed by atoms with E-state index in [-0.39, 0.29) is 11.9 Å². The number of urea groups is 1. The average Bonchev–Trinajstić information content (AvgIpc) is 3.25. The summed E-state index contributed by atoms with van der Waals surface area (Å²) in [5.41, 5.74) is 2.38. The fraction of sp³-hybridized carbons (Fsp3) is 0.476. The summed E-state index contributed by atoms with van der Waals surface area (Å²) in [6.45, 7) is 8.85. The van der Waals surface area contributed by atoms with Crippen LogP contribution in [0.1, 0.15) is 28.0 Å². The topological polar surface area (TPSA) is 140 Å². The SMILES string of the molecule is CCNC(=O)Nc1ncc(CN2CCN(c3ccc(C(=O)NC)nc3C)CC2)s1.O=C(O)C(F)(F)F. The Morgan fingerprint density at radius 1 is 1.17 bits per heavy atom. The van der Waals surface area contributed by atoms with E-state index >= 15 is 0 Å². The standard InChI is InChI=1S/C19H27N7O2S.C2HF3O2/c1-4-21-18(28)24-19-22-11-14(29-19)12-25-7-9-26(10-8-25)16-6-5-15(17(27)20-3)23-13(16)2;3-2(4,5)1(6)7/h5-6,11H,4,7-10,12H2,1-3H3,(H,20,27)(H2,21,22,24,28);(H,6,7). The lowest BCUT2D eigenvalue weighted by Gasteiger charge is -2.36. The van der Waals surface area contributed by atoms with Gasteiger partial charge in [-0.1, -0.05) is 0 Å². The minimum Gasteiger partial charge on any atom is -0.475 e. The van der Waals surface area contributed by atoms with Crippen molar-refractivity contribution in [2.45, 2.75) is 26.6 Å². The molecule has 0 unspecified atom stereocenters. The van der Waals surface area contributed by atoms with Crippen LogP contribution < -0.4 is 20.9 Å². The van der Waals surface area contributed by atoms with Crippen molar-refractivity contribution in [3.05, 3.63) is 34.6 Å². The smallest absolute Gasteiger partial charge is 0.475 e. The van der Waals surface area contributed by atoms with E-state index in [0.717, 1.165) is 49.0 Å². The van der Waals surface area contributed by atoms with Crippen LogP contribution in [0.25, 0.3) is 0 Å². The number of carboxylic acid groups (broad SMARTS) is 1. The first-order valence-corrected chi connectivity index (χ1v) is 11.7. The van der Waals surface area contributed by atoms with Crippen LogP contribution in [0.5, 0.6) is 0 Å². The predicted octanol–water partition coefficient (Wildman–Crippen LogP) is 2.30. The van der Waals surface area contributed by atoms with Gasteiger partial charge in [0.2, 0.25) is 0 Å². The lowest BCUT2D eigenvalue weighted by molar-refractivity contribution is -0.192. The quantitative estimate of drug-likeness (QED) is 0.445. The van der Waals surface area contributed by atoms with Crippen LogP contribution in [-0.2, 0) is 11.3 Å². The van der Waals surface area contributed by atoms with E-state index in [1.807, 2.05) is 26.1 Å². The Labute approximate surface area is 209 Å². The Kier molecular flexibility index (Phi) is 10.4. The van der Waals surface area contributed by atoms with E-state index in [1.54, 1.807) is 13.1 Å². The molecule has 1 saturated heterocycles. The minimum absolute atomic E-state index is 0.171. The highest BCUT2D eigenvalue weighted by Crippen LogP contribution is 2.23. The monoisotopic (exact) mass is 531 g/mol. The van der Waals surface area contributed by atoms with E-state index in [1.165, 1.54) is 11.3 Å². The number of alkyl halides is 3. The Morgan fingerprint density at radius 2 is 1.81 bits per heavy atom. The molecule has 0 aliphatic carbocycles. The molecule has 0 bridgehead atoms. The van der Waals surface area contributed by atoms with Crippen molar-refractivity contribution in [2.75, 3.05) is 50.0 Å². The number of aryl methyl sites for hydroxylation is 1. The van der Waals surface area contributed by atoms with Gasteiger partial charge in [-0.05, 0) is 26.0 Å². The van der Waals surface area contributed by atoms with E-state index in [4.69, 9.17) is 9.90 Å². The summed E-state index contributed by atoms with van der Waals surface area (Å²) in [5, 5.41) is 15.8. The van der Waals surface area contributed by atoms with Gasteiger partial charge in [0.1, 0.15) is 5.69 Å². The van der Waals surface area contributed by atoms with E-state index < -0.39 is 12.1 Å². The van der Waals surface area contributed by atoms with E-state index in [2.05, 4.69) is 35.7 Å². The molecule has 1 aliphatic heterocycles. The molecule has 2 aromatic heterocycles. The third kappa shape index (κ3) is 8.64. The summed E-state index contributed by atoms with van der Waals surface area (Å²) < 4.78 is 31.7. The third-order valence-corrected chi connectivity index (χ3v) is 5.86. The molecule has 2 aromatic rings. The number of carbonyl (C=O) groups excluding carboxylic acids is 2. The number of carboxylic acids is 1. The highest BCUT2D eigenvalue weighted by atomic mass is 32.1. The molecule has 1 fully saturated rings. The van der Waals surface area contributed by atoms with Gasteiger partial charge in [-0.15, -0.1) is 11.3 Å². The van der Waals surface area contributed by atoms with Gasteiger partial charge in [-0.3, -0.25) is 15.0 Å². The molecule has 3 heterocycles. The minimum atomic E-state index is -5.08. The van der Waals surface area contributed by atoms with Crippen molar-refractivity contribution in [2.24, 2.45) is 0 Å². The zero-order chi connectivity index (χ0) is 26.9. The molecule has 0 atom stereocenters. The van der Waals surface area contributed by atoms with Crippen molar-refractivity contribution in [1.29, 1.82) is 0 Å². The van der Waals surface area contributed by atoms with Crippen LogP contribution in [0.15, 0.2) is 18.3 Å². The molecule has 0 saturated carbocycles. The fourth-order valence-corrected chi connectivity index (χ4v) is 4.10. The second-order valence-electron chi connectivity index (χ2n) is 7.56. The Hall–Kier alpha value is -3.46. The number of aromatic nitrogens is 2. The highest BCUT2D eigenvalue weighted by molar-refractivity contribution is 7.15. The molecule has 0 spiro atoms. The lowest BCUT2D eigenvalue weighted by atomic mass is 10.2. The number of piperazine rings is 1. The van der Waals surface area contributed by atoms with Gasteiger partial charge >= 0.3 is 18.2 Å². The molecule has 0 aromatic carbocycles. The molecule has 198 valence electrons. The molecular formula is C21H28F3N7O4S. The first kappa shape index (κ1) is 28.8. The van der Waals surface area contributed by atoms with Crippen molar-refractivity contribution in [1.82, 2.24) is 25.5 Å². The van der Waals surface area contributed by atoms with Gasteiger partial charge in [0.25, 0.3) is 5.91 Å². The summed E-state index contributed by atoms with van der Waals surface area (Å²) in [6.07, 6.45) is -3.26. The summed E-state index contributed by atoms with van der Waals surface area (Å²) in [7, 11) is 1.61. The van der Waals surface area contributed by atoms with Crippen LogP contribution in [0.2, 0.25) is 0 Å². The van der Waals surface area contributed by atoms with Crippen LogP contribution >= 0.6 is 11.3 Å². The van der Waals surface area contributed by atoms with Crippen molar-refractivity contribution in [3.8, 4) is 0 Å². The number of amides is 3. The first-order chi connectivity index (χ1) is 16.9. The Bertz CT molecular complexity index is 1060. The maximum Gasteiger partial charge on any atom is 0.490 e. The summed E-state index contributed by atoms with van der Waals surface area (Å²) in [5.74, 6) is -2.93. The maximum atomic E-state index is 11.7. The normalized spacial score (nSPS) is 13.9. The summed E-state index contributed by atoms with van der Waals surface area (Å²) >= 11 is 1.50. The van der Waals surface area contributed by atoms with Crippen molar-refractivity contribution < 1.29 is 32.7 Å². The molecule has 3 rings (SSSR count). The van der Waals surface area contributed by atoms with Crippen LogP contribution in [0.3, 0.4) is 0 Å². The molecule has 3 amide bonds. The number of halogens is 3. The van der Waals surface area contributed by atoms with Crippen LogP contribution in [-0.4, -0.2) is 83.8 Å². The number of hydrogen-bond acceptors (Lipinski definition) is 8. The summed E-state index contributed by atoms with van der Waals surface area (Å²) in [6, 6.07) is 3.52. The van der Waals surface area contributed by atoms with Crippen molar-refractivity contribution >= 4 is 40.1 Å². The van der Waals surface area contributed by atoms with Gasteiger partial charge in [-0.2, -0.15) is 13.2 Å². The second-order valence-corrected chi connectivity index (χ2v) is 8.68. The van der Waals surface area contributed by atoms with Gasteiger partial charge < -0.3 is 20.6 Å². The first-order valence-electron chi connectivity index (χ1n) is 10.9. The largest absolute Gasteiger partial charge is 0.490 e. The molecule has 11 nitrogen and oxygen atoms in total. The van der Waals surface area contributed by atoms with Gasteiger partial charge in [0, 0.05) is 57.4 Å². The predicted molar refractivity (Wildman–Crippen MR) is 128 cm³/mol.